The molecule has 1 aromatic carbocycles. The van der Waals surface area contributed by atoms with E-state index in [0.717, 1.165) is 16.3 Å². The number of benzene rings is 1. The summed E-state index contributed by atoms with van der Waals surface area (Å²) in [4.78, 5) is 23.1. The lowest BCUT2D eigenvalue weighted by Gasteiger charge is -2.17. The first kappa shape index (κ1) is 12.7. The lowest BCUT2D eigenvalue weighted by molar-refractivity contribution is -0.116. The van der Waals surface area contributed by atoms with E-state index >= 15 is 0 Å². The van der Waals surface area contributed by atoms with Gasteiger partial charge in [0.15, 0.2) is 0 Å². The zero-order valence-electron chi connectivity index (χ0n) is 10.6. The monoisotopic (exact) mass is 287 g/mol. The summed E-state index contributed by atoms with van der Waals surface area (Å²) in [5.74, 6) is 0.0358. The number of urea groups is 1. The Morgan fingerprint density at radius 3 is 2.90 bits per heavy atom. The second-order valence-corrected chi connectivity index (χ2v) is 5.42. The Kier molecular flexibility index (Phi) is 3.39. The maximum atomic E-state index is 11.8. The van der Waals surface area contributed by atoms with Crippen LogP contribution in [0.3, 0.4) is 0 Å². The molecule has 0 unspecified atom stereocenters. The molecule has 0 radical (unpaired) electrons. The molecule has 3 rings (SSSR count). The maximum Gasteiger partial charge on any atom is 0.324 e. The molecule has 0 saturated heterocycles. The van der Waals surface area contributed by atoms with Crippen molar-refractivity contribution in [2.75, 3.05) is 16.0 Å². The quantitative estimate of drug-likeness (QED) is 0.793. The summed E-state index contributed by atoms with van der Waals surface area (Å²) in [6.07, 6.45) is 1.18. The van der Waals surface area contributed by atoms with Crippen molar-refractivity contribution in [3.05, 3.63) is 41.3 Å². The molecule has 3 N–H and O–H groups in total. The number of anilines is 3. The largest absolute Gasteiger partial charge is 0.326 e. The molecule has 0 atom stereocenters. The van der Waals surface area contributed by atoms with Crippen LogP contribution in [0.15, 0.2) is 35.7 Å². The van der Waals surface area contributed by atoms with E-state index in [4.69, 9.17) is 0 Å². The van der Waals surface area contributed by atoms with Gasteiger partial charge in [0.05, 0.1) is 5.00 Å². The third-order valence-electron chi connectivity index (χ3n) is 3.02. The first-order valence-corrected chi connectivity index (χ1v) is 7.13. The van der Waals surface area contributed by atoms with E-state index in [2.05, 4.69) is 16.0 Å². The molecule has 6 heteroatoms. The molecule has 0 spiro atoms. The minimum Gasteiger partial charge on any atom is -0.326 e. The van der Waals surface area contributed by atoms with E-state index < -0.39 is 0 Å². The van der Waals surface area contributed by atoms with E-state index in [9.17, 15) is 9.59 Å². The van der Waals surface area contributed by atoms with Crippen LogP contribution in [-0.4, -0.2) is 11.9 Å². The van der Waals surface area contributed by atoms with Gasteiger partial charge in [-0.2, -0.15) is 0 Å². The highest BCUT2D eigenvalue weighted by molar-refractivity contribution is 7.14. The fourth-order valence-electron chi connectivity index (χ4n) is 2.09. The zero-order valence-corrected chi connectivity index (χ0v) is 11.4. The highest BCUT2D eigenvalue weighted by Gasteiger charge is 2.15. The molecule has 2 aromatic rings. The molecule has 102 valence electrons. The predicted octanol–water partition coefficient (Wildman–Crippen LogP) is 3.28. The molecular formula is C14H13N3O2S. The third-order valence-corrected chi connectivity index (χ3v) is 3.80. The smallest absolute Gasteiger partial charge is 0.324 e. The molecule has 2 heterocycles. The summed E-state index contributed by atoms with van der Waals surface area (Å²) in [5.41, 5.74) is 2.58. The van der Waals surface area contributed by atoms with Crippen LogP contribution in [0.25, 0.3) is 0 Å². The molecule has 3 amide bonds. The number of fused-ring (bicyclic) bond motifs is 1. The van der Waals surface area contributed by atoms with E-state index in [0.29, 0.717) is 18.5 Å². The van der Waals surface area contributed by atoms with Gasteiger partial charge in [0.2, 0.25) is 5.91 Å². The van der Waals surface area contributed by atoms with Gasteiger partial charge in [-0.1, -0.05) is 0 Å². The number of hydrogen-bond donors (Lipinski definition) is 3. The van der Waals surface area contributed by atoms with Gasteiger partial charge in [-0.15, -0.1) is 11.3 Å². The van der Waals surface area contributed by atoms with Crippen LogP contribution < -0.4 is 16.0 Å². The van der Waals surface area contributed by atoms with Gasteiger partial charge < -0.3 is 10.6 Å². The molecule has 0 saturated carbocycles. The average Bonchev–Trinajstić information content (AvgIpc) is 2.91. The van der Waals surface area contributed by atoms with Crippen molar-refractivity contribution in [1.82, 2.24) is 0 Å². The van der Waals surface area contributed by atoms with Crippen molar-refractivity contribution in [3.8, 4) is 0 Å². The molecule has 0 fully saturated rings. The molecule has 20 heavy (non-hydrogen) atoms. The second-order valence-electron chi connectivity index (χ2n) is 4.48. The number of aryl methyl sites for hydroxylation is 1. The van der Waals surface area contributed by atoms with Crippen LogP contribution in [0.4, 0.5) is 21.2 Å². The summed E-state index contributed by atoms with van der Waals surface area (Å²) in [7, 11) is 0. The van der Waals surface area contributed by atoms with Crippen LogP contribution in [0.1, 0.15) is 12.0 Å². The highest BCUT2D eigenvalue weighted by Crippen LogP contribution is 2.25. The van der Waals surface area contributed by atoms with E-state index in [1.165, 1.54) is 11.3 Å². The Morgan fingerprint density at radius 2 is 2.10 bits per heavy atom. The number of hydrogen-bond acceptors (Lipinski definition) is 3. The van der Waals surface area contributed by atoms with Gasteiger partial charge in [0.1, 0.15) is 0 Å². The lowest BCUT2D eigenvalue weighted by atomic mass is 10.0. The Balaban J connectivity index is 1.69. The summed E-state index contributed by atoms with van der Waals surface area (Å²) < 4.78 is 0. The molecule has 1 aliphatic rings. The van der Waals surface area contributed by atoms with Crippen molar-refractivity contribution in [1.29, 1.82) is 0 Å². The van der Waals surface area contributed by atoms with Crippen LogP contribution in [0.5, 0.6) is 0 Å². The second kappa shape index (κ2) is 5.34. The van der Waals surface area contributed by atoms with Crippen molar-refractivity contribution in [2.45, 2.75) is 12.8 Å². The fraction of sp³-hybridized carbons (Fsp3) is 0.143. The summed E-state index contributed by atoms with van der Waals surface area (Å²) in [5, 5.41) is 11.1. The molecule has 5 nitrogen and oxygen atoms in total. The summed E-state index contributed by atoms with van der Waals surface area (Å²) >= 11 is 1.47. The fourth-order valence-corrected chi connectivity index (χ4v) is 2.70. The average molecular weight is 287 g/mol. The Labute approximate surface area is 120 Å². The number of amides is 3. The van der Waals surface area contributed by atoms with Crippen LogP contribution >= 0.6 is 11.3 Å². The molecule has 1 aliphatic heterocycles. The van der Waals surface area contributed by atoms with Gasteiger partial charge in [0, 0.05) is 17.8 Å². The van der Waals surface area contributed by atoms with Gasteiger partial charge in [0.25, 0.3) is 0 Å². The number of carbonyl (C=O) groups is 2. The third kappa shape index (κ3) is 2.80. The van der Waals surface area contributed by atoms with Crippen molar-refractivity contribution in [2.24, 2.45) is 0 Å². The van der Waals surface area contributed by atoms with Gasteiger partial charge in [-0.3, -0.25) is 10.1 Å². The lowest BCUT2D eigenvalue weighted by Crippen LogP contribution is -2.21. The van der Waals surface area contributed by atoms with Crippen molar-refractivity contribution in [3.63, 3.8) is 0 Å². The van der Waals surface area contributed by atoms with Crippen LogP contribution in [0.2, 0.25) is 0 Å². The predicted molar refractivity (Wildman–Crippen MR) is 80.4 cm³/mol. The van der Waals surface area contributed by atoms with Crippen molar-refractivity contribution < 1.29 is 9.59 Å². The number of rotatable bonds is 2. The maximum absolute atomic E-state index is 11.8. The molecule has 1 aromatic heterocycles. The number of nitrogens with one attached hydrogen (secondary N) is 3. The van der Waals surface area contributed by atoms with E-state index in [1.54, 1.807) is 6.07 Å². The standard InChI is InChI=1S/C14H13N3O2S/c18-12-6-3-9-8-10(4-5-11(9)16-12)15-14(19)17-13-2-1-7-20-13/h1-2,4-5,7-8H,3,6H2,(H,16,18)(H2,15,17,19). The Hall–Kier alpha value is -2.34. The summed E-state index contributed by atoms with van der Waals surface area (Å²) in [6.45, 7) is 0. The highest BCUT2D eigenvalue weighted by atomic mass is 32.1. The Morgan fingerprint density at radius 1 is 1.20 bits per heavy atom. The normalized spacial score (nSPS) is 13.3. The Bertz CT molecular complexity index is 652. The first-order chi connectivity index (χ1) is 9.70. The minimum absolute atomic E-state index is 0.0358. The molecule has 0 aliphatic carbocycles. The van der Waals surface area contributed by atoms with Crippen LogP contribution in [0, 0.1) is 0 Å². The minimum atomic E-state index is -0.271. The van der Waals surface area contributed by atoms with Gasteiger partial charge in [-0.05, 0) is 47.7 Å². The van der Waals surface area contributed by atoms with Gasteiger partial charge >= 0.3 is 6.03 Å². The molecule has 0 bridgehead atoms. The van der Waals surface area contributed by atoms with Crippen molar-refractivity contribution >= 4 is 39.7 Å². The summed E-state index contributed by atoms with van der Waals surface area (Å²) in [6, 6.07) is 8.93. The number of carbonyl (C=O) groups excluding carboxylic acids is 2. The molecular weight excluding hydrogens is 274 g/mol. The zero-order chi connectivity index (χ0) is 13.9. The van der Waals surface area contributed by atoms with Crippen LogP contribution in [-0.2, 0) is 11.2 Å². The number of thiophene rings is 1. The van der Waals surface area contributed by atoms with Gasteiger partial charge in [-0.25, -0.2) is 4.79 Å². The van der Waals surface area contributed by atoms with E-state index in [1.807, 2.05) is 29.6 Å². The first-order valence-electron chi connectivity index (χ1n) is 6.25. The SMILES string of the molecule is O=C1CCc2cc(NC(=O)Nc3cccs3)ccc2N1. The van der Waals surface area contributed by atoms with E-state index in [-0.39, 0.29) is 11.9 Å². The topological polar surface area (TPSA) is 70.2 Å².